The summed E-state index contributed by atoms with van der Waals surface area (Å²) in [5.74, 6) is 0.977. The van der Waals surface area contributed by atoms with Gasteiger partial charge in [-0.1, -0.05) is 143 Å². The van der Waals surface area contributed by atoms with Gasteiger partial charge in [-0.2, -0.15) is 0 Å². The summed E-state index contributed by atoms with van der Waals surface area (Å²) in [4.78, 5) is 2.79. The van der Waals surface area contributed by atoms with Gasteiger partial charge < -0.3 is 4.90 Å². The lowest BCUT2D eigenvalue weighted by Crippen LogP contribution is -2.38. The average molecular weight is 486 g/mol. The minimum atomic E-state index is 0. The lowest BCUT2D eigenvalue weighted by atomic mass is 9.86. The van der Waals surface area contributed by atoms with E-state index in [1.807, 2.05) is 0 Å². The maximum atomic E-state index is 2.79. The lowest BCUT2D eigenvalue weighted by Gasteiger charge is -2.35. The fraction of sp³-hybridized carbons (Fsp3) is 1.00. The van der Waals surface area contributed by atoms with E-state index in [-0.39, 0.29) is 12.4 Å². The topological polar surface area (TPSA) is 3.24 Å². The van der Waals surface area contributed by atoms with Crippen molar-refractivity contribution in [2.45, 2.75) is 181 Å². The molecule has 1 aliphatic carbocycles. The minimum absolute atomic E-state index is 0. The van der Waals surface area contributed by atoms with E-state index in [2.05, 4.69) is 25.7 Å². The Morgan fingerprint density at radius 2 is 0.818 bits per heavy atom. The lowest BCUT2D eigenvalue weighted by molar-refractivity contribution is 0.143. The molecule has 0 atom stereocenters. The standard InChI is InChI=1S/C31H63N.ClH/c1-4-6-7-8-9-10-11-12-13-14-15-16-17-18-19-20-21-22-23-24-29-32(5-2)31-27-25-30(3)26-28-31;/h30-31H,4-29H2,1-3H3;1H. The molecule has 200 valence electrons. The summed E-state index contributed by atoms with van der Waals surface area (Å²) in [5, 5.41) is 0. The molecule has 1 nitrogen and oxygen atoms in total. The molecule has 1 aliphatic rings. The molecule has 1 saturated carbocycles. The molecule has 0 aromatic heterocycles. The first-order valence-electron chi connectivity index (χ1n) is 15.5. The second-order valence-corrected chi connectivity index (χ2v) is 11.3. The van der Waals surface area contributed by atoms with Crippen LogP contribution in [0.4, 0.5) is 0 Å². The van der Waals surface area contributed by atoms with E-state index in [4.69, 9.17) is 0 Å². The highest BCUT2D eigenvalue weighted by molar-refractivity contribution is 5.85. The summed E-state index contributed by atoms with van der Waals surface area (Å²) >= 11 is 0. The summed E-state index contributed by atoms with van der Waals surface area (Å²) < 4.78 is 0. The number of nitrogens with zero attached hydrogens (tertiary/aromatic N) is 1. The third kappa shape index (κ3) is 20.2. The van der Waals surface area contributed by atoms with Crippen LogP contribution in [0.5, 0.6) is 0 Å². The second kappa shape index (κ2) is 25.3. The van der Waals surface area contributed by atoms with Gasteiger partial charge in [0.1, 0.15) is 0 Å². The van der Waals surface area contributed by atoms with E-state index >= 15 is 0 Å². The van der Waals surface area contributed by atoms with Crippen LogP contribution in [-0.4, -0.2) is 24.0 Å². The monoisotopic (exact) mass is 485 g/mol. The van der Waals surface area contributed by atoms with Crippen molar-refractivity contribution >= 4 is 12.4 Å². The molecular formula is C31H64ClN. The summed E-state index contributed by atoms with van der Waals surface area (Å²) in [6.45, 7) is 9.73. The Kier molecular flexibility index (Phi) is 25.5. The van der Waals surface area contributed by atoms with Crippen LogP contribution < -0.4 is 0 Å². The third-order valence-corrected chi connectivity index (χ3v) is 8.21. The van der Waals surface area contributed by atoms with Gasteiger partial charge in [-0.05, 0) is 51.1 Å². The summed E-state index contributed by atoms with van der Waals surface area (Å²) in [6.07, 6.45) is 35.3. The predicted octanol–water partition coefficient (Wildman–Crippen LogP) is 11.1. The number of unbranched alkanes of at least 4 members (excludes halogenated alkanes) is 19. The van der Waals surface area contributed by atoms with Gasteiger partial charge in [0.2, 0.25) is 0 Å². The summed E-state index contributed by atoms with van der Waals surface area (Å²) in [5.41, 5.74) is 0. The second-order valence-electron chi connectivity index (χ2n) is 11.3. The van der Waals surface area contributed by atoms with Crippen LogP contribution in [0.15, 0.2) is 0 Å². The van der Waals surface area contributed by atoms with Crippen molar-refractivity contribution in [1.29, 1.82) is 0 Å². The number of hydrogen-bond donors (Lipinski definition) is 0. The summed E-state index contributed by atoms with van der Waals surface area (Å²) in [7, 11) is 0. The fourth-order valence-corrected chi connectivity index (χ4v) is 5.78. The maximum absolute atomic E-state index is 2.79. The first kappa shape index (κ1) is 33.2. The van der Waals surface area contributed by atoms with Gasteiger partial charge in [-0.15, -0.1) is 12.4 Å². The van der Waals surface area contributed by atoms with Crippen LogP contribution in [0.25, 0.3) is 0 Å². The highest BCUT2D eigenvalue weighted by atomic mass is 35.5. The van der Waals surface area contributed by atoms with Crippen LogP contribution in [0, 0.1) is 5.92 Å². The molecule has 1 rings (SSSR count). The van der Waals surface area contributed by atoms with Crippen LogP contribution >= 0.6 is 12.4 Å². The number of hydrogen-bond acceptors (Lipinski definition) is 1. The normalized spacial score (nSPS) is 18.5. The van der Waals surface area contributed by atoms with Crippen molar-refractivity contribution in [3.05, 3.63) is 0 Å². The van der Waals surface area contributed by atoms with Crippen molar-refractivity contribution in [3.63, 3.8) is 0 Å². The molecule has 0 aromatic rings. The zero-order valence-corrected chi connectivity index (χ0v) is 24.2. The molecule has 0 spiro atoms. The fourth-order valence-electron chi connectivity index (χ4n) is 5.78. The van der Waals surface area contributed by atoms with E-state index in [0.29, 0.717) is 0 Å². The van der Waals surface area contributed by atoms with Gasteiger partial charge in [-0.25, -0.2) is 0 Å². The predicted molar refractivity (Wildman–Crippen MR) is 154 cm³/mol. The molecular weight excluding hydrogens is 422 g/mol. The molecule has 0 amide bonds. The van der Waals surface area contributed by atoms with Crippen molar-refractivity contribution in [3.8, 4) is 0 Å². The SMILES string of the molecule is CCCCCCCCCCCCCCCCCCCCCCN(CC)C1CCC(C)CC1.Cl. The van der Waals surface area contributed by atoms with Crippen LogP contribution in [-0.2, 0) is 0 Å². The Labute approximate surface area is 217 Å². The Morgan fingerprint density at radius 1 is 0.485 bits per heavy atom. The van der Waals surface area contributed by atoms with Crippen LogP contribution in [0.2, 0.25) is 0 Å². The van der Waals surface area contributed by atoms with E-state index in [9.17, 15) is 0 Å². The number of rotatable bonds is 23. The van der Waals surface area contributed by atoms with E-state index in [1.165, 1.54) is 167 Å². The van der Waals surface area contributed by atoms with E-state index in [0.717, 1.165) is 12.0 Å². The minimum Gasteiger partial charge on any atom is -0.301 e. The molecule has 0 heterocycles. The van der Waals surface area contributed by atoms with Crippen molar-refractivity contribution < 1.29 is 0 Å². The Hall–Kier alpha value is 0.250. The van der Waals surface area contributed by atoms with Gasteiger partial charge in [0.05, 0.1) is 0 Å². The van der Waals surface area contributed by atoms with Crippen LogP contribution in [0.3, 0.4) is 0 Å². The third-order valence-electron chi connectivity index (χ3n) is 8.21. The quantitative estimate of drug-likeness (QED) is 0.130. The highest BCUT2D eigenvalue weighted by Gasteiger charge is 2.22. The maximum Gasteiger partial charge on any atom is 0.00953 e. The highest BCUT2D eigenvalue weighted by Crippen LogP contribution is 2.27. The smallest absolute Gasteiger partial charge is 0.00953 e. The first-order chi connectivity index (χ1) is 15.8. The Morgan fingerprint density at radius 3 is 1.15 bits per heavy atom. The Bertz CT molecular complexity index is 364. The van der Waals surface area contributed by atoms with Gasteiger partial charge in [0, 0.05) is 6.04 Å². The molecule has 0 aromatic carbocycles. The van der Waals surface area contributed by atoms with E-state index < -0.39 is 0 Å². The molecule has 0 unspecified atom stereocenters. The molecule has 2 heteroatoms. The largest absolute Gasteiger partial charge is 0.301 e. The van der Waals surface area contributed by atoms with Crippen molar-refractivity contribution in [2.75, 3.05) is 13.1 Å². The number of halogens is 1. The van der Waals surface area contributed by atoms with Gasteiger partial charge in [-0.3, -0.25) is 0 Å². The van der Waals surface area contributed by atoms with Crippen molar-refractivity contribution in [1.82, 2.24) is 4.90 Å². The van der Waals surface area contributed by atoms with Gasteiger partial charge in [0.25, 0.3) is 0 Å². The van der Waals surface area contributed by atoms with Crippen molar-refractivity contribution in [2.24, 2.45) is 5.92 Å². The van der Waals surface area contributed by atoms with Gasteiger partial charge >= 0.3 is 0 Å². The van der Waals surface area contributed by atoms with Gasteiger partial charge in [0.15, 0.2) is 0 Å². The molecule has 33 heavy (non-hydrogen) atoms. The first-order valence-corrected chi connectivity index (χ1v) is 15.5. The molecule has 1 fully saturated rings. The van der Waals surface area contributed by atoms with Crippen LogP contribution in [0.1, 0.15) is 175 Å². The molecule has 0 saturated heterocycles. The molecule has 0 radical (unpaired) electrons. The Balaban J connectivity index is 0.0000102. The zero-order valence-electron chi connectivity index (χ0n) is 23.4. The molecule has 0 N–H and O–H groups in total. The zero-order chi connectivity index (χ0) is 23.1. The summed E-state index contributed by atoms with van der Waals surface area (Å²) in [6, 6.07) is 0.900. The van der Waals surface area contributed by atoms with E-state index in [1.54, 1.807) is 0 Å². The molecule has 0 aliphatic heterocycles. The molecule has 0 bridgehead atoms. The average Bonchev–Trinajstić information content (AvgIpc) is 2.81.